The van der Waals surface area contributed by atoms with Crippen LogP contribution in [0.2, 0.25) is 0 Å². The molecule has 0 aromatic carbocycles. The van der Waals surface area contributed by atoms with Gasteiger partial charge in [0.2, 0.25) is 0 Å². The highest BCUT2D eigenvalue weighted by molar-refractivity contribution is 4.83. The van der Waals surface area contributed by atoms with E-state index in [1.54, 1.807) is 0 Å². The molecule has 2 nitrogen and oxygen atoms in total. The standard InChI is InChI=1S/C11H21F3N2/c1-3-4-16-7-9(6-11(12,13)14)5-10(8-16)15-2/h9-10,15H,3-8H2,1-2H3. The van der Waals surface area contributed by atoms with Gasteiger partial charge < -0.3 is 10.2 Å². The molecule has 1 aliphatic heterocycles. The number of hydrogen-bond acceptors (Lipinski definition) is 2. The van der Waals surface area contributed by atoms with E-state index in [2.05, 4.69) is 17.1 Å². The Morgan fingerprint density at radius 1 is 1.31 bits per heavy atom. The Bertz CT molecular complexity index is 206. The van der Waals surface area contributed by atoms with Crippen molar-refractivity contribution in [2.24, 2.45) is 5.92 Å². The van der Waals surface area contributed by atoms with Crippen molar-refractivity contribution in [2.45, 2.75) is 38.4 Å². The van der Waals surface area contributed by atoms with Crippen molar-refractivity contribution in [3.8, 4) is 0 Å². The zero-order valence-corrected chi connectivity index (χ0v) is 9.98. The molecule has 0 saturated carbocycles. The van der Waals surface area contributed by atoms with E-state index < -0.39 is 12.6 Å². The third kappa shape index (κ3) is 4.70. The minimum atomic E-state index is -4.03. The fourth-order valence-electron chi connectivity index (χ4n) is 2.49. The van der Waals surface area contributed by atoms with Gasteiger partial charge in [-0.1, -0.05) is 6.92 Å². The summed E-state index contributed by atoms with van der Waals surface area (Å²) in [6.07, 6.45) is -3.05. The summed E-state index contributed by atoms with van der Waals surface area (Å²) in [7, 11) is 1.82. The van der Waals surface area contributed by atoms with E-state index in [0.29, 0.717) is 13.0 Å². The van der Waals surface area contributed by atoms with Gasteiger partial charge in [-0.2, -0.15) is 13.2 Å². The fraction of sp³-hybridized carbons (Fsp3) is 1.00. The predicted octanol–water partition coefficient (Wildman–Crippen LogP) is 2.26. The number of likely N-dealkylation sites (N-methyl/N-ethyl adjacent to an activating group) is 1. The molecule has 0 aromatic rings. The second-order valence-electron chi connectivity index (χ2n) is 4.67. The van der Waals surface area contributed by atoms with Crippen LogP contribution in [-0.4, -0.2) is 43.8 Å². The van der Waals surface area contributed by atoms with Gasteiger partial charge in [-0.05, 0) is 32.4 Å². The minimum Gasteiger partial charge on any atom is -0.316 e. The van der Waals surface area contributed by atoms with Crippen LogP contribution in [0.5, 0.6) is 0 Å². The molecule has 0 radical (unpaired) electrons. The molecular weight excluding hydrogens is 217 g/mol. The van der Waals surface area contributed by atoms with Gasteiger partial charge in [-0.25, -0.2) is 0 Å². The van der Waals surface area contributed by atoms with Crippen molar-refractivity contribution in [2.75, 3.05) is 26.7 Å². The first-order valence-corrected chi connectivity index (χ1v) is 5.91. The van der Waals surface area contributed by atoms with Crippen molar-refractivity contribution in [1.29, 1.82) is 0 Å². The van der Waals surface area contributed by atoms with Crippen LogP contribution in [0.4, 0.5) is 13.2 Å². The van der Waals surface area contributed by atoms with Crippen molar-refractivity contribution < 1.29 is 13.2 Å². The molecular formula is C11H21F3N2. The molecule has 0 aliphatic carbocycles. The van der Waals surface area contributed by atoms with Gasteiger partial charge in [0.15, 0.2) is 0 Å². The van der Waals surface area contributed by atoms with E-state index in [1.165, 1.54) is 0 Å². The van der Waals surface area contributed by atoms with E-state index in [1.807, 2.05) is 7.05 Å². The molecule has 1 N–H and O–H groups in total. The van der Waals surface area contributed by atoms with Gasteiger partial charge in [0.25, 0.3) is 0 Å². The molecule has 1 fully saturated rings. The zero-order chi connectivity index (χ0) is 12.2. The van der Waals surface area contributed by atoms with Crippen molar-refractivity contribution in [1.82, 2.24) is 10.2 Å². The highest BCUT2D eigenvalue weighted by Gasteiger charge is 2.35. The summed E-state index contributed by atoms with van der Waals surface area (Å²) in [5.41, 5.74) is 0. The molecule has 0 amide bonds. The Kier molecular flexibility index (Phi) is 5.05. The number of likely N-dealkylation sites (tertiary alicyclic amines) is 1. The lowest BCUT2D eigenvalue weighted by atomic mass is 9.91. The average Bonchev–Trinajstić information content (AvgIpc) is 2.15. The second kappa shape index (κ2) is 5.87. The number of alkyl halides is 3. The van der Waals surface area contributed by atoms with E-state index in [0.717, 1.165) is 19.5 Å². The van der Waals surface area contributed by atoms with Crippen LogP contribution in [-0.2, 0) is 0 Å². The number of nitrogens with one attached hydrogen (secondary N) is 1. The first-order chi connectivity index (χ1) is 7.44. The lowest BCUT2D eigenvalue weighted by Crippen LogP contribution is -2.49. The van der Waals surface area contributed by atoms with E-state index in [9.17, 15) is 13.2 Å². The number of nitrogens with zero attached hydrogens (tertiary/aromatic N) is 1. The Morgan fingerprint density at radius 3 is 2.50 bits per heavy atom. The SMILES string of the molecule is CCCN1CC(CC(F)(F)F)CC(NC)C1. The molecule has 1 heterocycles. The van der Waals surface area contributed by atoms with E-state index >= 15 is 0 Å². The van der Waals surface area contributed by atoms with E-state index in [-0.39, 0.29) is 12.0 Å². The number of halogens is 3. The fourth-order valence-corrected chi connectivity index (χ4v) is 2.49. The third-order valence-corrected chi connectivity index (χ3v) is 3.08. The summed E-state index contributed by atoms with van der Waals surface area (Å²) in [6, 6.07) is 0.202. The largest absolute Gasteiger partial charge is 0.389 e. The first kappa shape index (κ1) is 13.8. The van der Waals surface area contributed by atoms with Crippen molar-refractivity contribution in [3.05, 3.63) is 0 Å². The molecule has 5 heteroatoms. The summed E-state index contributed by atoms with van der Waals surface area (Å²) in [6.45, 7) is 4.42. The van der Waals surface area contributed by atoms with E-state index in [4.69, 9.17) is 0 Å². The van der Waals surface area contributed by atoms with Gasteiger partial charge in [0.1, 0.15) is 0 Å². The highest BCUT2D eigenvalue weighted by atomic mass is 19.4. The minimum absolute atomic E-state index is 0.202. The molecule has 0 aromatic heterocycles. The summed E-state index contributed by atoms with van der Waals surface area (Å²) in [4.78, 5) is 2.14. The quantitative estimate of drug-likeness (QED) is 0.808. The molecule has 0 spiro atoms. The van der Waals surface area contributed by atoms with Crippen molar-refractivity contribution >= 4 is 0 Å². The third-order valence-electron chi connectivity index (χ3n) is 3.08. The molecule has 2 unspecified atom stereocenters. The molecule has 1 aliphatic rings. The zero-order valence-electron chi connectivity index (χ0n) is 9.98. The Morgan fingerprint density at radius 2 is 2.00 bits per heavy atom. The Labute approximate surface area is 95.2 Å². The average molecular weight is 238 g/mol. The predicted molar refractivity (Wildman–Crippen MR) is 58.4 cm³/mol. The molecule has 1 saturated heterocycles. The van der Waals surface area contributed by atoms with Crippen LogP contribution in [0.25, 0.3) is 0 Å². The van der Waals surface area contributed by atoms with Crippen LogP contribution in [0.1, 0.15) is 26.2 Å². The summed E-state index contributed by atoms with van der Waals surface area (Å²) in [5, 5.41) is 3.10. The summed E-state index contributed by atoms with van der Waals surface area (Å²) >= 11 is 0. The maximum Gasteiger partial charge on any atom is 0.389 e. The van der Waals surface area contributed by atoms with Gasteiger partial charge >= 0.3 is 6.18 Å². The Balaban J connectivity index is 2.50. The van der Waals surface area contributed by atoms with Gasteiger partial charge in [-0.15, -0.1) is 0 Å². The molecule has 0 bridgehead atoms. The lowest BCUT2D eigenvalue weighted by molar-refractivity contribution is -0.148. The van der Waals surface area contributed by atoms with Crippen molar-refractivity contribution in [3.63, 3.8) is 0 Å². The molecule has 16 heavy (non-hydrogen) atoms. The van der Waals surface area contributed by atoms with Crippen LogP contribution in [0.15, 0.2) is 0 Å². The first-order valence-electron chi connectivity index (χ1n) is 5.91. The maximum absolute atomic E-state index is 12.3. The van der Waals surface area contributed by atoms with Crippen LogP contribution >= 0.6 is 0 Å². The molecule has 1 rings (SSSR count). The van der Waals surface area contributed by atoms with Crippen LogP contribution in [0.3, 0.4) is 0 Å². The molecule has 2 atom stereocenters. The summed E-state index contributed by atoms with van der Waals surface area (Å²) in [5.74, 6) is -0.252. The number of rotatable bonds is 4. The number of piperidine rings is 1. The lowest BCUT2D eigenvalue weighted by Gasteiger charge is -2.37. The molecule has 96 valence electrons. The van der Waals surface area contributed by atoms with Crippen LogP contribution < -0.4 is 5.32 Å². The Hall–Kier alpha value is -0.290. The number of hydrogen-bond donors (Lipinski definition) is 1. The smallest absolute Gasteiger partial charge is 0.316 e. The van der Waals surface area contributed by atoms with Gasteiger partial charge in [0.05, 0.1) is 0 Å². The van der Waals surface area contributed by atoms with Gasteiger partial charge in [-0.3, -0.25) is 0 Å². The van der Waals surface area contributed by atoms with Gasteiger partial charge in [0, 0.05) is 25.6 Å². The second-order valence-corrected chi connectivity index (χ2v) is 4.67. The summed E-state index contributed by atoms with van der Waals surface area (Å²) < 4.78 is 37.0. The normalized spacial score (nSPS) is 28.3. The maximum atomic E-state index is 12.3. The topological polar surface area (TPSA) is 15.3 Å². The monoisotopic (exact) mass is 238 g/mol. The highest BCUT2D eigenvalue weighted by Crippen LogP contribution is 2.30. The van der Waals surface area contributed by atoms with Crippen LogP contribution in [0, 0.1) is 5.92 Å².